The summed E-state index contributed by atoms with van der Waals surface area (Å²) in [6, 6.07) is 7.38. The molecule has 0 aliphatic carbocycles. The van der Waals surface area contributed by atoms with E-state index in [2.05, 4.69) is 5.32 Å². The number of nitro groups is 1. The Balaban J connectivity index is 1.35. The van der Waals surface area contributed by atoms with E-state index in [1.165, 1.54) is 17.0 Å². The molecule has 1 aromatic carbocycles. The summed E-state index contributed by atoms with van der Waals surface area (Å²) < 4.78 is 30.2. The zero-order chi connectivity index (χ0) is 24.2. The number of nitrogens with one attached hydrogen (secondary N) is 1. The molecule has 2 saturated heterocycles. The van der Waals surface area contributed by atoms with Crippen molar-refractivity contribution in [3.05, 3.63) is 46.3 Å². The second-order valence-electron chi connectivity index (χ2n) is 7.70. The highest BCUT2D eigenvalue weighted by molar-refractivity contribution is 5.90. The SMILES string of the molecule is CCOC(=O)NC[C@H]1CN(c2ccc(N3CCN(c4ccc([N+](=O)[O-])o4)CC3)c(F)c2)C(=O)O1. The predicted octanol–water partition coefficient (Wildman–Crippen LogP) is 2.72. The van der Waals surface area contributed by atoms with E-state index in [9.17, 15) is 24.1 Å². The first kappa shape index (κ1) is 23.1. The molecular formula is C21H24FN5O7. The average molecular weight is 477 g/mol. The summed E-state index contributed by atoms with van der Waals surface area (Å²) in [6.07, 6.45) is -1.80. The van der Waals surface area contributed by atoms with Gasteiger partial charge in [0.1, 0.15) is 16.8 Å². The molecular weight excluding hydrogens is 453 g/mol. The van der Waals surface area contributed by atoms with Gasteiger partial charge in [-0.1, -0.05) is 0 Å². The van der Waals surface area contributed by atoms with Gasteiger partial charge in [-0.15, -0.1) is 0 Å². The fourth-order valence-electron chi connectivity index (χ4n) is 3.89. The summed E-state index contributed by atoms with van der Waals surface area (Å²) >= 11 is 0. The number of ether oxygens (including phenoxy) is 2. The minimum atomic E-state index is -0.621. The first-order chi connectivity index (χ1) is 16.4. The molecule has 3 heterocycles. The Hall–Kier alpha value is -4.03. The number of alkyl carbamates (subject to hydrolysis) is 1. The molecule has 2 aliphatic rings. The molecule has 1 N–H and O–H groups in total. The van der Waals surface area contributed by atoms with Crippen LogP contribution in [0.5, 0.6) is 0 Å². The van der Waals surface area contributed by atoms with E-state index >= 15 is 0 Å². The Labute approximate surface area is 193 Å². The molecule has 0 spiro atoms. The van der Waals surface area contributed by atoms with Gasteiger partial charge in [-0.2, -0.15) is 0 Å². The summed E-state index contributed by atoms with van der Waals surface area (Å²) in [5.74, 6) is -0.402. The minimum absolute atomic E-state index is 0.0880. The molecule has 13 heteroatoms. The summed E-state index contributed by atoms with van der Waals surface area (Å²) in [4.78, 5) is 38.9. The van der Waals surface area contributed by atoms with Crippen molar-refractivity contribution in [2.75, 3.05) is 60.6 Å². The van der Waals surface area contributed by atoms with Gasteiger partial charge in [0.25, 0.3) is 0 Å². The number of anilines is 3. The highest BCUT2D eigenvalue weighted by atomic mass is 19.1. The Morgan fingerprint density at radius 1 is 1.24 bits per heavy atom. The number of halogens is 1. The Morgan fingerprint density at radius 3 is 2.62 bits per heavy atom. The number of nitrogens with zero attached hydrogens (tertiary/aromatic N) is 4. The molecule has 34 heavy (non-hydrogen) atoms. The quantitative estimate of drug-likeness (QED) is 0.472. The van der Waals surface area contributed by atoms with E-state index in [0.29, 0.717) is 43.4 Å². The van der Waals surface area contributed by atoms with E-state index in [1.54, 1.807) is 25.1 Å². The number of hydrogen-bond acceptors (Lipinski definition) is 9. The van der Waals surface area contributed by atoms with Crippen molar-refractivity contribution >= 4 is 35.3 Å². The van der Waals surface area contributed by atoms with Crippen LogP contribution < -0.4 is 20.0 Å². The Bertz CT molecular complexity index is 1070. The second-order valence-corrected chi connectivity index (χ2v) is 7.70. The molecule has 12 nitrogen and oxygen atoms in total. The molecule has 1 aromatic heterocycles. The van der Waals surface area contributed by atoms with E-state index < -0.39 is 29.0 Å². The molecule has 0 bridgehead atoms. The summed E-state index contributed by atoms with van der Waals surface area (Å²) in [7, 11) is 0. The molecule has 0 radical (unpaired) electrons. The van der Waals surface area contributed by atoms with Gasteiger partial charge >= 0.3 is 18.1 Å². The standard InChI is InChI=1S/C21H24FN5O7/c1-2-32-20(28)23-12-15-13-26(21(29)33-15)14-3-4-17(16(22)11-14)24-7-9-25(10-8-24)18-5-6-19(34-18)27(30)31/h3-6,11,15H,2,7-10,12-13H2,1H3,(H,23,28)/t15-/m0/s1. The van der Waals surface area contributed by atoms with Crippen LogP contribution in [0.25, 0.3) is 0 Å². The largest absolute Gasteiger partial charge is 0.450 e. The van der Waals surface area contributed by atoms with E-state index in [1.807, 2.05) is 9.80 Å². The van der Waals surface area contributed by atoms with Crippen LogP contribution in [0.15, 0.2) is 34.7 Å². The molecule has 1 atom stereocenters. The third kappa shape index (κ3) is 4.97. The predicted molar refractivity (Wildman–Crippen MR) is 119 cm³/mol. The van der Waals surface area contributed by atoms with Crippen molar-refractivity contribution in [1.82, 2.24) is 5.32 Å². The van der Waals surface area contributed by atoms with Gasteiger partial charge in [0.2, 0.25) is 5.88 Å². The average Bonchev–Trinajstić information content (AvgIpc) is 3.45. The van der Waals surface area contributed by atoms with Gasteiger partial charge in [-0.05, 0) is 25.1 Å². The molecule has 0 saturated carbocycles. The highest BCUT2D eigenvalue weighted by Gasteiger charge is 2.33. The van der Waals surface area contributed by atoms with Crippen molar-refractivity contribution < 1.29 is 32.8 Å². The van der Waals surface area contributed by atoms with Crippen LogP contribution in [0.4, 0.5) is 37.1 Å². The van der Waals surface area contributed by atoms with E-state index in [-0.39, 0.29) is 25.6 Å². The monoisotopic (exact) mass is 477 g/mol. The number of cyclic esters (lactones) is 1. The lowest BCUT2D eigenvalue weighted by Gasteiger charge is -2.36. The third-order valence-corrected chi connectivity index (χ3v) is 5.56. The molecule has 2 amide bonds. The van der Waals surface area contributed by atoms with Gasteiger partial charge in [-0.25, -0.2) is 14.0 Å². The van der Waals surface area contributed by atoms with Crippen molar-refractivity contribution in [3.63, 3.8) is 0 Å². The number of amides is 2. The summed E-state index contributed by atoms with van der Waals surface area (Å²) in [5, 5.41) is 13.3. The minimum Gasteiger partial charge on any atom is -0.450 e. The smallest absolute Gasteiger partial charge is 0.434 e. The topological polar surface area (TPSA) is 131 Å². The van der Waals surface area contributed by atoms with Crippen molar-refractivity contribution in [3.8, 4) is 0 Å². The second kappa shape index (κ2) is 9.85. The van der Waals surface area contributed by atoms with Gasteiger partial charge in [0, 0.05) is 32.2 Å². The van der Waals surface area contributed by atoms with Crippen LogP contribution in [-0.2, 0) is 9.47 Å². The molecule has 0 unspecified atom stereocenters. The van der Waals surface area contributed by atoms with Crippen LogP contribution in [-0.4, -0.2) is 69.1 Å². The van der Waals surface area contributed by atoms with Crippen LogP contribution in [0, 0.1) is 15.9 Å². The molecule has 182 valence electrons. The first-order valence-electron chi connectivity index (χ1n) is 10.8. The molecule has 2 fully saturated rings. The van der Waals surface area contributed by atoms with Gasteiger partial charge < -0.3 is 29.0 Å². The number of furan rings is 1. The third-order valence-electron chi connectivity index (χ3n) is 5.56. The van der Waals surface area contributed by atoms with Crippen LogP contribution >= 0.6 is 0 Å². The lowest BCUT2D eigenvalue weighted by molar-refractivity contribution is -0.401. The van der Waals surface area contributed by atoms with Crippen molar-refractivity contribution in [2.24, 2.45) is 0 Å². The normalized spacial score (nSPS) is 18.1. The van der Waals surface area contributed by atoms with Gasteiger partial charge in [0.15, 0.2) is 0 Å². The fraction of sp³-hybridized carbons (Fsp3) is 0.429. The number of carbonyl (C=O) groups is 2. The highest BCUT2D eigenvalue weighted by Crippen LogP contribution is 2.30. The number of benzene rings is 1. The van der Waals surface area contributed by atoms with Crippen LogP contribution in [0.3, 0.4) is 0 Å². The fourth-order valence-corrected chi connectivity index (χ4v) is 3.89. The van der Waals surface area contributed by atoms with Gasteiger partial charge in [0.05, 0.1) is 37.1 Å². The van der Waals surface area contributed by atoms with E-state index in [0.717, 1.165) is 0 Å². The summed E-state index contributed by atoms with van der Waals surface area (Å²) in [5.41, 5.74) is 0.744. The molecule has 2 aromatic rings. The van der Waals surface area contributed by atoms with E-state index in [4.69, 9.17) is 13.9 Å². The molecule has 4 rings (SSSR count). The zero-order valence-electron chi connectivity index (χ0n) is 18.4. The maximum atomic E-state index is 15.0. The molecule has 2 aliphatic heterocycles. The lowest BCUT2D eigenvalue weighted by atomic mass is 10.2. The van der Waals surface area contributed by atoms with Crippen LogP contribution in [0.1, 0.15) is 6.92 Å². The zero-order valence-corrected chi connectivity index (χ0v) is 18.4. The first-order valence-corrected chi connectivity index (χ1v) is 10.8. The lowest BCUT2D eigenvalue weighted by Crippen LogP contribution is -2.46. The Morgan fingerprint density at radius 2 is 1.97 bits per heavy atom. The maximum absolute atomic E-state index is 15.0. The number of carbonyl (C=O) groups excluding carboxylic acids is 2. The van der Waals surface area contributed by atoms with Crippen molar-refractivity contribution in [2.45, 2.75) is 13.0 Å². The van der Waals surface area contributed by atoms with Crippen LogP contribution in [0.2, 0.25) is 0 Å². The maximum Gasteiger partial charge on any atom is 0.434 e. The number of hydrogen-bond donors (Lipinski definition) is 1. The van der Waals surface area contributed by atoms with Crippen molar-refractivity contribution in [1.29, 1.82) is 0 Å². The number of rotatable bonds is 7. The number of piperazine rings is 1. The van der Waals surface area contributed by atoms with Gasteiger partial charge in [-0.3, -0.25) is 15.0 Å². The Kier molecular flexibility index (Phi) is 6.70. The summed E-state index contributed by atoms with van der Waals surface area (Å²) in [6.45, 7) is 4.13.